The van der Waals surface area contributed by atoms with Crippen LogP contribution in [-0.2, 0) is 22.6 Å². The largest absolute Gasteiger partial charge is 0.506 e. The summed E-state index contributed by atoms with van der Waals surface area (Å²) < 4.78 is 0. The van der Waals surface area contributed by atoms with Crippen molar-refractivity contribution >= 4 is 29.1 Å². The Bertz CT molecular complexity index is 776. The summed E-state index contributed by atoms with van der Waals surface area (Å²) in [5, 5.41) is 12.5. The van der Waals surface area contributed by atoms with Gasteiger partial charge < -0.3 is 15.3 Å². The van der Waals surface area contributed by atoms with Crippen molar-refractivity contribution in [1.29, 1.82) is 0 Å². The van der Waals surface area contributed by atoms with Gasteiger partial charge in [0, 0.05) is 18.1 Å². The molecule has 2 N–H and O–H groups in total. The van der Waals surface area contributed by atoms with Gasteiger partial charge in [-0.3, -0.25) is 9.59 Å². The molecule has 6 heteroatoms. The molecule has 2 aromatic carbocycles. The van der Waals surface area contributed by atoms with Crippen molar-refractivity contribution in [3.8, 4) is 5.75 Å². The maximum absolute atomic E-state index is 12.3. The number of rotatable bonds is 1. The first-order valence-electron chi connectivity index (χ1n) is 7.20. The number of phenolic OH excluding ortho intramolecular Hbond substituents is 1. The molecule has 118 valence electrons. The minimum absolute atomic E-state index is 0.119. The molecule has 2 amide bonds. The SMILES string of the molecule is O=C(Nc1cc(Cl)ccc1O)C(=O)N1CCc2ccccc2C1. The van der Waals surface area contributed by atoms with Crippen molar-refractivity contribution in [3.05, 3.63) is 58.6 Å². The normalized spacial score (nSPS) is 13.3. The fourth-order valence-electron chi connectivity index (χ4n) is 2.60. The Morgan fingerprint density at radius 3 is 2.65 bits per heavy atom. The molecule has 0 aliphatic carbocycles. The summed E-state index contributed by atoms with van der Waals surface area (Å²) in [4.78, 5) is 25.9. The minimum Gasteiger partial charge on any atom is -0.506 e. The first-order chi connectivity index (χ1) is 11.0. The molecule has 0 radical (unpaired) electrons. The monoisotopic (exact) mass is 330 g/mol. The fraction of sp³-hybridized carbons (Fsp3) is 0.176. The van der Waals surface area contributed by atoms with Crippen LogP contribution in [0, 0.1) is 0 Å². The lowest BCUT2D eigenvalue weighted by Gasteiger charge is -2.28. The Kier molecular flexibility index (Phi) is 4.21. The summed E-state index contributed by atoms with van der Waals surface area (Å²) in [7, 11) is 0. The van der Waals surface area contributed by atoms with Gasteiger partial charge in [0.25, 0.3) is 0 Å². The van der Waals surface area contributed by atoms with Crippen molar-refractivity contribution in [2.45, 2.75) is 13.0 Å². The maximum Gasteiger partial charge on any atom is 0.314 e. The lowest BCUT2D eigenvalue weighted by atomic mass is 10.00. The van der Waals surface area contributed by atoms with Crippen molar-refractivity contribution in [1.82, 2.24) is 4.90 Å². The lowest BCUT2D eigenvalue weighted by Crippen LogP contribution is -2.42. The molecule has 1 aliphatic heterocycles. The van der Waals surface area contributed by atoms with E-state index in [9.17, 15) is 14.7 Å². The number of carbonyl (C=O) groups excluding carboxylic acids is 2. The van der Waals surface area contributed by atoms with Crippen LogP contribution in [0.15, 0.2) is 42.5 Å². The van der Waals surface area contributed by atoms with E-state index in [1.165, 1.54) is 28.7 Å². The molecular weight excluding hydrogens is 316 g/mol. The van der Waals surface area contributed by atoms with Crippen LogP contribution in [0.1, 0.15) is 11.1 Å². The average Bonchev–Trinajstić information content (AvgIpc) is 2.57. The topological polar surface area (TPSA) is 69.6 Å². The Labute approximate surface area is 138 Å². The highest BCUT2D eigenvalue weighted by Crippen LogP contribution is 2.26. The number of fused-ring (bicyclic) bond motifs is 1. The predicted octanol–water partition coefficient (Wildman–Crippen LogP) is 2.57. The van der Waals surface area contributed by atoms with Crippen molar-refractivity contribution in [3.63, 3.8) is 0 Å². The second-order valence-corrected chi connectivity index (χ2v) is 5.80. The molecule has 0 bridgehead atoms. The quantitative estimate of drug-likeness (QED) is 0.623. The van der Waals surface area contributed by atoms with E-state index in [1.54, 1.807) is 0 Å². The summed E-state index contributed by atoms with van der Waals surface area (Å²) in [6.07, 6.45) is 0.720. The zero-order valence-corrected chi connectivity index (χ0v) is 13.0. The smallest absolute Gasteiger partial charge is 0.314 e. The van der Waals surface area contributed by atoms with Gasteiger partial charge in [0.05, 0.1) is 5.69 Å². The van der Waals surface area contributed by atoms with Gasteiger partial charge in [0.2, 0.25) is 0 Å². The Balaban J connectivity index is 1.71. The van der Waals surface area contributed by atoms with Crippen LogP contribution in [0.2, 0.25) is 5.02 Å². The van der Waals surface area contributed by atoms with Gasteiger partial charge in [0.1, 0.15) is 5.75 Å². The molecule has 2 aromatic rings. The first-order valence-corrected chi connectivity index (χ1v) is 7.58. The van der Waals surface area contributed by atoms with Crippen molar-refractivity contribution < 1.29 is 14.7 Å². The van der Waals surface area contributed by atoms with Crippen molar-refractivity contribution in [2.75, 3.05) is 11.9 Å². The van der Waals surface area contributed by atoms with Gasteiger partial charge in [0.15, 0.2) is 0 Å². The molecule has 0 spiro atoms. The number of carbonyl (C=O) groups is 2. The van der Waals surface area contributed by atoms with Gasteiger partial charge >= 0.3 is 11.8 Å². The summed E-state index contributed by atoms with van der Waals surface area (Å²) in [6, 6.07) is 12.1. The molecule has 0 unspecified atom stereocenters. The highest BCUT2D eigenvalue weighted by molar-refractivity contribution is 6.40. The standard InChI is InChI=1S/C17H15ClN2O3/c18-13-5-6-15(21)14(9-13)19-16(22)17(23)20-8-7-11-3-1-2-4-12(11)10-20/h1-6,9,21H,7-8,10H2,(H,19,22). The molecule has 1 heterocycles. The number of nitrogens with one attached hydrogen (secondary N) is 1. The zero-order chi connectivity index (χ0) is 16.4. The van der Waals surface area contributed by atoms with Gasteiger partial charge in [-0.2, -0.15) is 0 Å². The maximum atomic E-state index is 12.3. The Morgan fingerprint density at radius 1 is 1.13 bits per heavy atom. The molecule has 3 rings (SSSR count). The van der Waals surface area contributed by atoms with E-state index >= 15 is 0 Å². The van der Waals surface area contributed by atoms with Crippen molar-refractivity contribution in [2.24, 2.45) is 0 Å². The number of hydrogen-bond acceptors (Lipinski definition) is 3. The number of anilines is 1. The molecule has 23 heavy (non-hydrogen) atoms. The van der Waals surface area contributed by atoms with E-state index < -0.39 is 11.8 Å². The number of aromatic hydroxyl groups is 1. The van der Waals surface area contributed by atoms with E-state index in [1.807, 2.05) is 24.3 Å². The fourth-order valence-corrected chi connectivity index (χ4v) is 2.77. The third-order valence-corrected chi connectivity index (χ3v) is 4.05. The van der Waals surface area contributed by atoms with Crippen LogP contribution < -0.4 is 5.32 Å². The second-order valence-electron chi connectivity index (χ2n) is 5.36. The number of hydrogen-bond donors (Lipinski definition) is 2. The molecular formula is C17H15ClN2O3. The van der Waals surface area contributed by atoms with E-state index in [2.05, 4.69) is 5.32 Å². The molecule has 0 fully saturated rings. The van der Waals surface area contributed by atoms with E-state index in [-0.39, 0.29) is 11.4 Å². The third-order valence-electron chi connectivity index (χ3n) is 3.82. The zero-order valence-electron chi connectivity index (χ0n) is 12.3. The lowest BCUT2D eigenvalue weighted by molar-refractivity contribution is -0.143. The van der Waals surface area contributed by atoms with E-state index in [4.69, 9.17) is 11.6 Å². The summed E-state index contributed by atoms with van der Waals surface area (Å²) >= 11 is 5.83. The number of halogens is 1. The van der Waals surface area contributed by atoms with Gasteiger partial charge in [-0.05, 0) is 35.7 Å². The number of benzene rings is 2. The van der Waals surface area contributed by atoms with Crippen LogP contribution in [0.25, 0.3) is 0 Å². The Morgan fingerprint density at radius 2 is 1.87 bits per heavy atom. The van der Waals surface area contributed by atoms with Gasteiger partial charge in [-0.15, -0.1) is 0 Å². The highest BCUT2D eigenvalue weighted by atomic mass is 35.5. The van der Waals surface area contributed by atoms with Crippen LogP contribution in [0.5, 0.6) is 5.75 Å². The summed E-state index contributed by atoms with van der Waals surface area (Å²) in [6.45, 7) is 0.898. The van der Waals surface area contributed by atoms with E-state index in [0.29, 0.717) is 18.1 Å². The second kappa shape index (κ2) is 6.30. The molecule has 0 aromatic heterocycles. The van der Waals surface area contributed by atoms with E-state index in [0.717, 1.165) is 12.0 Å². The molecule has 1 aliphatic rings. The molecule has 5 nitrogen and oxygen atoms in total. The first kappa shape index (κ1) is 15.4. The Hall–Kier alpha value is -2.53. The molecule has 0 atom stereocenters. The van der Waals surface area contributed by atoms with Gasteiger partial charge in [-0.1, -0.05) is 35.9 Å². The number of nitrogens with zero attached hydrogens (tertiary/aromatic N) is 1. The molecule has 0 saturated carbocycles. The highest BCUT2D eigenvalue weighted by Gasteiger charge is 2.26. The van der Waals surface area contributed by atoms with Crippen LogP contribution in [-0.4, -0.2) is 28.4 Å². The van der Waals surface area contributed by atoms with Crippen LogP contribution >= 0.6 is 11.6 Å². The summed E-state index contributed by atoms with van der Waals surface area (Å²) in [5.41, 5.74) is 2.36. The predicted molar refractivity (Wildman–Crippen MR) is 87.3 cm³/mol. The van der Waals surface area contributed by atoms with Gasteiger partial charge in [-0.25, -0.2) is 0 Å². The minimum atomic E-state index is -0.790. The van der Waals surface area contributed by atoms with Crippen LogP contribution in [0.4, 0.5) is 5.69 Å². The number of phenols is 1. The average molecular weight is 331 g/mol. The summed E-state index contributed by atoms with van der Waals surface area (Å²) in [5.74, 6) is -1.56. The van der Waals surface area contributed by atoms with Crippen LogP contribution in [0.3, 0.4) is 0 Å². The third kappa shape index (κ3) is 3.29. The molecule has 0 saturated heterocycles. The number of amides is 2.